The fraction of sp³-hybridized carbons (Fsp3) is 0.517. The molecule has 0 spiro atoms. The van der Waals surface area contributed by atoms with E-state index in [0.717, 1.165) is 18.4 Å². The molecule has 3 atom stereocenters. The molecule has 2 aromatic rings. The van der Waals surface area contributed by atoms with E-state index in [4.69, 9.17) is 14.2 Å². The highest BCUT2D eigenvalue weighted by Crippen LogP contribution is 2.49. The Hall–Kier alpha value is -3.22. The number of carbonyl (C=O) groups excluding carboxylic acids is 2. The third-order valence-electron chi connectivity index (χ3n) is 7.83. The summed E-state index contributed by atoms with van der Waals surface area (Å²) in [7, 11) is 3.21. The number of methoxy groups -OCH3 is 2. The standard InChI is InChI=1S/C29H38N2O5/c1-18-24-15-19-8-9-20(26(32)30-17-21-10-11-22(34-6)16-25(21)35-7)14-23(19)29(18,5)12-13-31(24)27(33)36-28(2,3)4/h8-11,14,16,18,24H,12-13,15,17H2,1-7H3,(H,30,32). The van der Waals surface area contributed by atoms with Gasteiger partial charge in [-0.2, -0.15) is 0 Å². The predicted molar refractivity (Wildman–Crippen MR) is 139 cm³/mol. The van der Waals surface area contributed by atoms with E-state index in [1.807, 2.05) is 62.1 Å². The van der Waals surface area contributed by atoms with Crippen molar-refractivity contribution in [2.24, 2.45) is 5.92 Å². The highest BCUT2D eigenvalue weighted by molar-refractivity contribution is 5.94. The first kappa shape index (κ1) is 25.9. The molecule has 0 radical (unpaired) electrons. The maximum absolute atomic E-state index is 13.1. The quantitative estimate of drug-likeness (QED) is 0.626. The van der Waals surface area contributed by atoms with Crippen LogP contribution in [0.5, 0.6) is 11.5 Å². The van der Waals surface area contributed by atoms with Crippen LogP contribution in [0.4, 0.5) is 4.79 Å². The van der Waals surface area contributed by atoms with Crippen LogP contribution in [0.15, 0.2) is 36.4 Å². The molecule has 7 nitrogen and oxygen atoms in total. The minimum Gasteiger partial charge on any atom is -0.497 e. The van der Waals surface area contributed by atoms with E-state index in [1.165, 1.54) is 11.1 Å². The van der Waals surface area contributed by atoms with Crippen molar-refractivity contribution in [2.45, 2.75) is 71.1 Å². The lowest BCUT2D eigenvalue weighted by Crippen LogP contribution is -2.60. The van der Waals surface area contributed by atoms with Crippen LogP contribution >= 0.6 is 0 Å². The van der Waals surface area contributed by atoms with Crippen LogP contribution in [0.2, 0.25) is 0 Å². The summed E-state index contributed by atoms with van der Waals surface area (Å²) in [5, 5.41) is 3.03. The van der Waals surface area contributed by atoms with Crippen molar-refractivity contribution >= 4 is 12.0 Å². The molecule has 0 saturated carbocycles. The number of amides is 2. The van der Waals surface area contributed by atoms with Gasteiger partial charge in [-0.25, -0.2) is 4.79 Å². The SMILES string of the molecule is COc1ccc(CNC(=O)c2ccc3c(c2)C2(C)CCN(C(=O)OC(C)(C)C)C(C3)C2C)c(OC)c1. The second kappa shape index (κ2) is 9.68. The van der Waals surface area contributed by atoms with Gasteiger partial charge in [0.15, 0.2) is 0 Å². The van der Waals surface area contributed by atoms with Crippen molar-refractivity contribution in [1.82, 2.24) is 10.2 Å². The van der Waals surface area contributed by atoms with Crippen molar-refractivity contribution in [1.29, 1.82) is 0 Å². The van der Waals surface area contributed by atoms with Crippen LogP contribution in [0.3, 0.4) is 0 Å². The molecular weight excluding hydrogens is 456 g/mol. The number of fused-ring (bicyclic) bond motifs is 4. The topological polar surface area (TPSA) is 77.1 Å². The van der Waals surface area contributed by atoms with E-state index in [2.05, 4.69) is 19.2 Å². The number of nitrogens with zero attached hydrogens (tertiary/aromatic N) is 1. The zero-order valence-electron chi connectivity index (χ0n) is 22.4. The molecule has 4 rings (SSSR count). The van der Waals surface area contributed by atoms with Gasteiger partial charge in [-0.15, -0.1) is 0 Å². The molecule has 36 heavy (non-hydrogen) atoms. The van der Waals surface area contributed by atoms with E-state index in [0.29, 0.717) is 30.2 Å². The average Bonchev–Trinajstić information content (AvgIpc) is 2.83. The maximum Gasteiger partial charge on any atom is 0.410 e. The van der Waals surface area contributed by atoms with Gasteiger partial charge in [0.25, 0.3) is 5.91 Å². The Labute approximate surface area is 214 Å². The molecule has 1 saturated heterocycles. The molecule has 2 aliphatic rings. The summed E-state index contributed by atoms with van der Waals surface area (Å²) in [6.07, 6.45) is 1.34. The molecule has 1 fully saturated rings. The molecule has 1 heterocycles. The summed E-state index contributed by atoms with van der Waals surface area (Å²) < 4.78 is 16.4. The van der Waals surface area contributed by atoms with Gasteiger partial charge in [0.05, 0.1) is 14.2 Å². The molecule has 7 heteroatoms. The first-order chi connectivity index (χ1) is 17.0. The lowest BCUT2D eigenvalue weighted by molar-refractivity contribution is -0.0164. The molecule has 2 aromatic carbocycles. The number of hydrogen-bond donors (Lipinski definition) is 1. The van der Waals surface area contributed by atoms with E-state index < -0.39 is 5.60 Å². The minimum absolute atomic E-state index is 0.0771. The van der Waals surface area contributed by atoms with Gasteiger partial charge < -0.3 is 24.4 Å². The van der Waals surface area contributed by atoms with Gasteiger partial charge in [0.1, 0.15) is 17.1 Å². The molecule has 1 aliphatic carbocycles. The summed E-state index contributed by atoms with van der Waals surface area (Å²) >= 11 is 0. The van der Waals surface area contributed by atoms with E-state index in [9.17, 15) is 9.59 Å². The molecule has 1 aliphatic heterocycles. The Morgan fingerprint density at radius 1 is 1.11 bits per heavy atom. The van der Waals surface area contributed by atoms with Crippen LogP contribution in [0, 0.1) is 5.92 Å². The molecule has 2 bridgehead atoms. The number of benzene rings is 2. The van der Waals surface area contributed by atoms with Crippen molar-refractivity contribution < 1.29 is 23.8 Å². The zero-order valence-corrected chi connectivity index (χ0v) is 22.4. The van der Waals surface area contributed by atoms with Crippen LogP contribution in [-0.2, 0) is 23.1 Å². The Kier molecular flexibility index (Phi) is 6.95. The summed E-state index contributed by atoms with van der Waals surface area (Å²) in [6.45, 7) is 11.2. The van der Waals surface area contributed by atoms with Gasteiger partial charge in [-0.1, -0.05) is 19.9 Å². The van der Waals surface area contributed by atoms with Crippen molar-refractivity contribution in [3.05, 3.63) is 58.7 Å². The number of piperidine rings is 1. The highest BCUT2D eigenvalue weighted by Gasteiger charge is 2.50. The second-order valence-corrected chi connectivity index (χ2v) is 11.1. The molecule has 3 unspecified atom stereocenters. The van der Waals surface area contributed by atoms with Gasteiger partial charge >= 0.3 is 6.09 Å². The average molecular weight is 495 g/mol. The Morgan fingerprint density at radius 3 is 2.53 bits per heavy atom. The number of likely N-dealkylation sites (tertiary alicyclic amines) is 1. The van der Waals surface area contributed by atoms with Crippen LogP contribution < -0.4 is 14.8 Å². The number of rotatable bonds is 5. The Bertz CT molecular complexity index is 1150. The lowest BCUT2D eigenvalue weighted by atomic mass is 9.59. The van der Waals surface area contributed by atoms with Gasteiger partial charge in [0, 0.05) is 36.3 Å². The smallest absolute Gasteiger partial charge is 0.410 e. The van der Waals surface area contributed by atoms with Crippen molar-refractivity contribution in [3.63, 3.8) is 0 Å². The summed E-state index contributed by atoms with van der Waals surface area (Å²) in [4.78, 5) is 27.9. The number of nitrogens with one attached hydrogen (secondary N) is 1. The second-order valence-electron chi connectivity index (χ2n) is 11.1. The molecular formula is C29H38N2O5. The number of ether oxygens (including phenoxy) is 3. The predicted octanol–water partition coefficient (Wildman–Crippen LogP) is 5.09. The fourth-order valence-electron chi connectivity index (χ4n) is 5.58. The molecule has 2 amide bonds. The largest absolute Gasteiger partial charge is 0.497 e. The zero-order chi connectivity index (χ0) is 26.3. The van der Waals surface area contributed by atoms with E-state index >= 15 is 0 Å². The number of hydrogen-bond acceptors (Lipinski definition) is 5. The molecule has 1 N–H and O–H groups in total. The normalized spacial score (nSPS) is 22.9. The first-order valence-corrected chi connectivity index (χ1v) is 12.6. The number of carbonyl (C=O) groups is 2. The Balaban J connectivity index is 1.53. The van der Waals surface area contributed by atoms with Gasteiger partial charge in [0.2, 0.25) is 0 Å². The van der Waals surface area contributed by atoms with Crippen LogP contribution in [0.25, 0.3) is 0 Å². The van der Waals surface area contributed by atoms with Crippen LogP contribution in [0.1, 0.15) is 68.1 Å². The van der Waals surface area contributed by atoms with E-state index in [1.54, 1.807) is 14.2 Å². The molecule has 194 valence electrons. The fourth-order valence-corrected chi connectivity index (χ4v) is 5.58. The first-order valence-electron chi connectivity index (χ1n) is 12.6. The summed E-state index contributed by atoms with van der Waals surface area (Å²) in [5.74, 6) is 1.49. The van der Waals surface area contributed by atoms with Crippen molar-refractivity contribution in [3.8, 4) is 11.5 Å². The summed E-state index contributed by atoms with van der Waals surface area (Å²) in [5.41, 5.74) is 3.29. The molecule has 0 aromatic heterocycles. The minimum atomic E-state index is -0.522. The Morgan fingerprint density at radius 2 is 1.86 bits per heavy atom. The third kappa shape index (κ3) is 4.88. The lowest BCUT2D eigenvalue weighted by Gasteiger charge is -2.54. The highest BCUT2D eigenvalue weighted by atomic mass is 16.6. The monoisotopic (exact) mass is 494 g/mol. The van der Waals surface area contributed by atoms with Crippen LogP contribution in [-0.4, -0.2) is 49.3 Å². The third-order valence-corrected chi connectivity index (χ3v) is 7.83. The summed E-state index contributed by atoms with van der Waals surface area (Å²) in [6, 6.07) is 11.6. The van der Waals surface area contributed by atoms with Gasteiger partial charge in [-0.3, -0.25) is 4.79 Å². The van der Waals surface area contributed by atoms with Crippen molar-refractivity contribution in [2.75, 3.05) is 20.8 Å². The van der Waals surface area contributed by atoms with E-state index in [-0.39, 0.29) is 29.4 Å². The van der Waals surface area contributed by atoms with Gasteiger partial charge in [-0.05, 0) is 80.3 Å². The maximum atomic E-state index is 13.1.